The van der Waals surface area contributed by atoms with E-state index in [1.165, 1.54) is 6.08 Å². The second-order valence-electron chi connectivity index (χ2n) is 6.36. The number of nitrogens with zero attached hydrogens (tertiary/aromatic N) is 1. The van der Waals surface area contributed by atoms with Crippen molar-refractivity contribution >= 4 is 72.7 Å². The second kappa shape index (κ2) is 10.8. The highest BCUT2D eigenvalue weighted by Crippen LogP contribution is 2.36. The Morgan fingerprint density at radius 3 is 2.32 bits per heavy atom. The number of halogens is 4. The summed E-state index contributed by atoms with van der Waals surface area (Å²) < 4.78 is 7.25. The van der Waals surface area contributed by atoms with Gasteiger partial charge in [-0.2, -0.15) is 5.26 Å². The molecule has 0 atom stereocenters. The number of amides is 1. The van der Waals surface area contributed by atoms with E-state index in [9.17, 15) is 10.1 Å². The first kappa shape index (κ1) is 23.4. The normalized spacial score (nSPS) is 11.0. The summed E-state index contributed by atoms with van der Waals surface area (Å²) in [6, 6.07) is 19.5. The first-order valence-corrected chi connectivity index (χ1v) is 11.2. The molecule has 31 heavy (non-hydrogen) atoms. The van der Waals surface area contributed by atoms with Crippen LogP contribution in [0.4, 0.5) is 5.69 Å². The van der Waals surface area contributed by atoms with E-state index in [1.807, 2.05) is 24.3 Å². The average molecular weight is 581 g/mol. The van der Waals surface area contributed by atoms with E-state index in [0.29, 0.717) is 42.6 Å². The number of carbonyl (C=O) groups is 1. The van der Waals surface area contributed by atoms with E-state index in [-0.39, 0.29) is 5.57 Å². The van der Waals surface area contributed by atoms with Crippen LogP contribution in [0.3, 0.4) is 0 Å². The van der Waals surface area contributed by atoms with Gasteiger partial charge in [-0.15, -0.1) is 0 Å². The van der Waals surface area contributed by atoms with Crippen molar-refractivity contribution < 1.29 is 9.53 Å². The Kier molecular flexibility index (Phi) is 8.16. The highest BCUT2D eigenvalue weighted by Gasteiger charge is 2.13. The molecule has 156 valence electrons. The minimum Gasteiger partial charge on any atom is -0.487 e. The Hall–Kier alpha value is -2.30. The van der Waals surface area contributed by atoms with Crippen molar-refractivity contribution in [2.75, 3.05) is 5.32 Å². The molecule has 0 fully saturated rings. The van der Waals surface area contributed by atoms with E-state index in [0.717, 1.165) is 5.56 Å². The maximum Gasteiger partial charge on any atom is 0.266 e. The maximum atomic E-state index is 12.5. The zero-order valence-electron chi connectivity index (χ0n) is 15.8. The third-order valence-corrected chi connectivity index (χ3v) is 5.74. The lowest BCUT2D eigenvalue weighted by Crippen LogP contribution is -2.13. The molecule has 0 saturated heterocycles. The molecule has 3 aromatic carbocycles. The van der Waals surface area contributed by atoms with Gasteiger partial charge in [0.1, 0.15) is 24.0 Å². The van der Waals surface area contributed by atoms with Gasteiger partial charge in [0.25, 0.3) is 5.91 Å². The third-order valence-electron chi connectivity index (χ3n) is 4.07. The fraction of sp³-hybridized carbons (Fsp3) is 0.0435. The number of nitriles is 1. The summed E-state index contributed by atoms with van der Waals surface area (Å²) >= 11 is 18.8. The maximum absolute atomic E-state index is 12.5. The number of nitrogens with one attached hydrogen (secondary N) is 1. The molecule has 3 rings (SSSR count). The van der Waals surface area contributed by atoms with Crippen LogP contribution in [0.1, 0.15) is 11.1 Å². The van der Waals surface area contributed by atoms with Crippen LogP contribution in [-0.2, 0) is 11.4 Å². The van der Waals surface area contributed by atoms with Gasteiger partial charge in [0, 0.05) is 15.7 Å². The summed E-state index contributed by atoms with van der Waals surface area (Å²) in [5, 5.41) is 13.3. The Morgan fingerprint density at radius 2 is 1.71 bits per heavy atom. The minimum atomic E-state index is -0.515. The summed E-state index contributed by atoms with van der Waals surface area (Å²) in [6.45, 7) is 0.333. The van der Waals surface area contributed by atoms with Crippen LogP contribution >= 0.6 is 55.1 Å². The molecular formula is C23H14Br2Cl2N2O2. The highest BCUT2D eigenvalue weighted by atomic mass is 79.9. The number of anilines is 1. The van der Waals surface area contributed by atoms with Crippen LogP contribution in [0, 0.1) is 11.3 Å². The second-order valence-corrected chi connectivity index (χ2v) is 8.94. The summed E-state index contributed by atoms with van der Waals surface area (Å²) in [4.78, 5) is 12.5. The standard InChI is InChI=1S/C23H14Br2Cl2N2O2/c24-20-10-15(8-16(12-28)23(30)29-19-6-4-17(26)5-7-19)11-21(25)22(20)31-13-14-2-1-3-18(27)9-14/h1-11H,13H2,(H,29,30)/b16-8+. The predicted molar refractivity (Wildman–Crippen MR) is 131 cm³/mol. The van der Waals surface area contributed by atoms with Crippen LogP contribution in [0.2, 0.25) is 10.0 Å². The molecular weight excluding hydrogens is 567 g/mol. The molecule has 1 amide bonds. The van der Waals surface area contributed by atoms with Crippen molar-refractivity contribution in [3.8, 4) is 11.8 Å². The zero-order valence-corrected chi connectivity index (χ0v) is 20.5. The lowest BCUT2D eigenvalue weighted by molar-refractivity contribution is -0.112. The summed E-state index contributed by atoms with van der Waals surface area (Å²) in [5.74, 6) is 0.0830. The van der Waals surface area contributed by atoms with Gasteiger partial charge in [0.2, 0.25) is 0 Å². The monoisotopic (exact) mass is 578 g/mol. The topological polar surface area (TPSA) is 62.1 Å². The SMILES string of the molecule is N#C/C(=C\c1cc(Br)c(OCc2cccc(Cl)c2)c(Br)c1)C(=O)Nc1ccc(Cl)cc1. The van der Waals surface area contributed by atoms with Gasteiger partial charge >= 0.3 is 0 Å². The fourth-order valence-electron chi connectivity index (χ4n) is 2.63. The lowest BCUT2D eigenvalue weighted by Gasteiger charge is -2.12. The van der Waals surface area contributed by atoms with E-state index in [4.69, 9.17) is 27.9 Å². The Morgan fingerprint density at radius 1 is 1.03 bits per heavy atom. The number of hydrogen-bond donors (Lipinski definition) is 1. The number of hydrogen-bond acceptors (Lipinski definition) is 3. The Bertz CT molecular complexity index is 1170. The Balaban J connectivity index is 1.76. The molecule has 0 aliphatic rings. The van der Waals surface area contributed by atoms with E-state index in [1.54, 1.807) is 42.5 Å². The molecule has 8 heteroatoms. The summed E-state index contributed by atoms with van der Waals surface area (Å²) in [5.41, 5.74) is 2.08. The molecule has 3 aromatic rings. The van der Waals surface area contributed by atoms with Crippen LogP contribution < -0.4 is 10.1 Å². The van der Waals surface area contributed by atoms with Gasteiger partial charge in [0.05, 0.1) is 8.95 Å². The molecule has 0 aliphatic carbocycles. The smallest absolute Gasteiger partial charge is 0.266 e. The van der Waals surface area contributed by atoms with Crippen molar-refractivity contribution in [2.45, 2.75) is 6.61 Å². The zero-order chi connectivity index (χ0) is 22.4. The van der Waals surface area contributed by atoms with Crippen molar-refractivity contribution in [2.24, 2.45) is 0 Å². The number of ether oxygens (including phenoxy) is 1. The molecule has 0 aliphatic heterocycles. The van der Waals surface area contributed by atoms with Gasteiger partial charge in [-0.25, -0.2) is 0 Å². The van der Waals surface area contributed by atoms with Crippen LogP contribution in [0.25, 0.3) is 6.08 Å². The van der Waals surface area contributed by atoms with Crippen molar-refractivity contribution in [3.05, 3.63) is 96.4 Å². The van der Waals surface area contributed by atoms with Gasteiger partial charge in [0.15, 0.2) is 0 Å². The molecule has 0 bridgehead atoms. The molecule has 4 nitrogen and oxygen atoms in total. The Labute approximate surface area is 206 Å². The largest absolute Gasteiger partial charge is 0.487 e. The van der Waals surface area contributed by atoms with Crippen LogP contribution in [-0.4, -0.2) is 5.91 Å². The molecule has 0 heterocycles. The highest BCUT2D eigenvalue weighted by molar-refractivity contribution is 9.11. The van der Waals surface area contributed by atoms with Crippen molar-refractivity contribution in [1.29, 1.82) is 5.26 Å². The predicted octanol–water partition coefficient (Wildman–Crippen LogP) is 7.64. The van der Waals surface area contributed by atoms with Gasteiger partial charge in [-0.3, -0.25) is 4.79 Å². The molecule has 0 radical (unpaired) electrons. The fourth-order valence-corrected chi connectivity index (χ4v) is 4.42. The molecule has 0 saturated carbocycles. The molecule has 1 N–H and O–H groups in total. The number of benzene rings is 3. The van der Waals surface area contributed by atoms with Crippen LogP contribution in [0.5, 0.6) is 5.75 Å². The van der Waals surface area contributed by atoms with E-state index < -0.39 is 5.91 Å². The third kappa shape index (κ3) is 6.59. The number of carbonyl (C=O) groups excluding carboxylic acids is 1. The average Bonchev–Trinajstić information content (AvgIpc) is 2.73. The van der Waals surface area contributed by atoms with Crippen LogP contribution in [0.15, 0.2) is 75.2 Å². The van der Waals surface area contributed by atoms with Gasteiger partial charge in [-0.05, 0) is 97.6 Å². The van der Waals surface area contributed by atoms with E-state index in [2.05, 4.69) is 37.2 Å². The number of rotatable bonds is 6. The molecule has 0 spiro atoms. The lowest BCUT2D eigenvalue weighted by atomic mass is 10.1. The molecule has 0 aromatic heterocycles. The minimum absolute atomic E-state index is 0.0404. The first-order valence-electron chi connectivity index (χ1n) is 8.90. The first-order chi connectivity index (χ1) is 14.9. The molecule has 0 unspecified atom stereocenters. The van der Waals surface area contributed by atoms with Gasteiger partial charge in [-0.1, -0.05) is 35.3 Å². The quantitative estimate of drug-likeness (QED) is 0.241. The summed E-state index contributed by atoms with van der Waals surface area (Å²) in [6.07, 6.45) is 1.50. The summed E-state index contributed by atoms with van der Waals surface area (Å²) in [7, 11) is 0. The van der Waals surface area contributed by atoms with Crippen molar-refractivity contribution in [3.63, 3.8) is 0 Å². The van der Waals surface area contributed by atoms with E-state index >= 15 is 0 Å². The van der Waals surface area contributed by atoms with Gasteiger partial charge < -0.3 is 10.1 Å². The van der Waals surface area contributed by atoms with Crippen molar-refractivity contribution in [1.82, 2.24) is 0 Å².